The Morgan fingerprint density at radius 2 is 2.03 bits per heavy atom. The molecule has 1 aliphatic rings. The molecule has 172 valence electrons. The van der Waals surface area contributed by atoms with Crippen LogP contribution in [0.15, 0.2) is 24.5 Å². The topological polar surface area (TPSA) is 91.3 Å². The van der Waals surface area contributed by atoms with Crippen LogP contribution in [0.2, 0.25) is 5.02 Å². The van der Waals surface area contributed by atoms with Crippen LogP contribution in [0.5, 0.6) is 0 Å². The zero-order chi connectivity index (χ0) is 23.7. The van der Waals surface area contributed by atoms with Gasteiger partial charge in [0.2, 0.25) is 5.91 Å². The predicted octanol–water partition coefficient (Wildman–Crippen LogP) is 3.96. The molecular weight excluding hydrogens is 460 g/mol. The van der Waals surface area contributed by atoms with Crippen molar-refractivity contribution in [2.75, 3.05) is 37.4 Å². The normalized spacial score (nSPS) is 13.4. The van der Waals surface area contributed by atoms with Gasteiger partial charge in [-0.3, -0.25) is 19.5 Å². The maximum absolute atomic E-state index is 13.3. The molecule has 0 aromatic carbocycles. The first-order valence-electron chi connectivity index (χ1n) is 10.6. The van der Waals surface area contributed by atoms with Gasteiger partial charge in [0, 0.05) is 43.9 Å². The number of thiazole rings is 1. The summed E-state index contributed by atoms with van der Waals surface area (Å²) in [5.41, 5.74) is 4.26. The molecule has 1 aliphatic heterocycles. The Morgan fingerprint density at radius 3 is 2.76 bits per heavy atom. The van der Waals surface area contributed by atoms with E-state index in [4.69, 9.17) is 11.6 Å². The average molecular weight is 485 g/mol. The average Bonchev–Trinajstić information content (AvgIpc) is 3.17. The molecule has 3 aromatic heterocycles. The molecule has 0 spiro atoms. The van der Waals surface area contributed by atoms with Crippen LogP contribution in [-0.4, -0.2) is 58.9 Å². The first-order valence-corrected chi connectivity index (χ1v) is 11.8. The second-order valence-corrected chi connectivity index (χ2v) is 9.71. The Kier molecular flexibility index (Phi) is 6.73. The van der Waals surface area contributed by atoms with E-state index in [-0.39, 0.29) is 11.8 Å². The van der Waals surface area contributed by atoms with Gasteiger partial charge in [-0.15, -0.1) is 0 Å². The van der Waals surface area contributed by atoms with Crippen LogP contribution in [0.4, 0.5) is 10.9 Å². The second kappa shape index (κ2) is 9.54. The van der Waals surface area contributed by atoms with E-state index in [1.54, 1.807) is 23.4 Å². The fraction of sp³-hybridized carbons (Fsp3) is 0.348. The zero-order valence-electron chi connectivity index (χ0n) is 19.0. The Hall–Kier alpha value is -2.88. The number of aryl methyl sites for hydroxylation is 2. The molecule has 3 aromatic rings. The lowest BCUT2D eigenvalue weighted by atomic mass is 10.1. The maximum atomic E-state index is 13.3. The van der Waals surface area contributed by atoms with Gasteiger partial charge in [-0.1, -0.05) is 29.0 Å². The minimum atomic E-state index is -0.183. The van der Waals surface area contributed by atoms with Crippen molar-refractivity contribution in [1.82, 2.24) is 19.9 Å². The van der Waals surface area contributed by atoms with Gasteiger partial charge in [0.25, 0.3) is 5.91 Å². The minimum Gasteiger partial charge on any atom is -0.309 e. The highest BCUT2D eigenvalue weighted by atomic mass is 35.5. The van der Waals surface area contributed by atoms with Crippen LogP contribution >= 0.6 is 22.9 Å². The molecule has 4 heterocycles. The van der Waals surface area contributed by atoms with Gasteiger partial charge in [-0.25, -0.2) is 9.97 Å². The van der Waals surface area contributed by atoms with Gasteiger partial charge in [0.15, 0.2) is 5.13 Å². The number of amides is 2. The summed E-state index contributed by atoms with van der Waals surface area (Å²) in [6, 6.07) is 3.85. The number of carbonyl (C=O) groups excluding carboxylic acids is 2. The summed E-state index contributed by atoms with van der Waals surface area (Å²) in [6.45, 7) is 5.05. The highest BCUT2D eigenvalue weighted by Crippen LogP contribution is 2.34. The smallest absolute Gasteiger partial charge is 0.271 e. The van der Waals surface area contributed by atoms with Crippen LogP contribution in [0, 0.1) is 13.8 Å². The SMILES string of the molecule is Cc1cnc(-c2cc(N3CCc4nc(NC(=O)CCN(C)C)sc4C3=O)ncc2Cl)c(C)c1. The molecule has 8 nitrogen and oxygen atoms in total. The zero-order valence-corrected chi connectivity index (χ0v) is 20.5. The number of nitrogens with zero attached hydrogens (tertiary/aromatic N) is 5. The van der Waals surface area contributed by atoms with Crippen molar-refractivity contribution in [1.29, 1.82) is 0 Å². The fourth-order valence-corrected chi connectivity index (χ4v) is 4.83. The van der Waals surface area contributed by atoms with Crippen molar-refractivity contribution in [2.24, 2.45) is 0 Å². The van der Waals surface area contributed by atoms with E-state index in [1.165, 1.54) is 11.3 Å². The predicted molar refractivity (Wildman–Crippen MR) is 131 cm³/mol. The first-order chi connectivity index (χ1) is 15.7. The lowest BCUT2D eigenvalue weighted by molar-refractivity contribution is -0.116. The van der Waals surface area contributed by atoms with E-state index < -0.39 is 0 Å². The van der Waals surface area contributed by atoms with Crippen LogP contribution in [0.25, 0.3) is 11.3 Å². The summed E-state index contributed by atoms with van der Waals surface area (Å²) in [4.78, 5) is 42.9. The molecule has 0 bridgehead atoms. The van der Waals surface area contributed by atoms with Crippen LogP contribution in [0.3, 0.4) is 0 Å². The minimum absolute atomic E-state index is 0.121. The van der Waals surface area contributed by atoms with Crippen molar-refractivity contribution in [3.63, 3.8) is 0 Å². The van der Waals surface area contributed by atoms with Gasteiger partial charge in [0.1, 0.15) is 10.7 Å². The molecule has 0 unspecified atom stereocenters. The first kappa shape index (κ1) is 23.3. The molecule has 0 saturated heterocycles. The summed E-state index contributed by atoms with van der Waals surface area (Å²) in [7, 11) is 3.82. The van der Waals surface area contributed by atoms with E-state index >= 15 is 0 Å². The molecule has 0 fully saturated rings. The van der Waals surface area contributed by atoms with E-state index in [0.29, 0.717) is 52.5 Å². The number of halogens is 1. The molecule has 0 radical (unpaired) electrons. The molecule has 0 saturated carbocycles. The second-order valence-electron chi connectivity index (χ2n) is 8.30. The van der Waals surface area contributed by atoms with E-state index in [2.05, 4.69) is 20.3 Å². The van der Waals surface area contributed by atoms with Crippen LogP contribution < -0.4 is 10.2 Å². The van der Waals surface area contributed by atoms with Crippen molar-refractivity contribution < 1.29 is 9.59 Å². The quantitative estimate of drug-likeness (QED) is 0.569. The number of aromatic nitrogens is 3. The maximum Gasteiger partial charge on any atom is 0.271 e. The van der Waals surface area contributed by atoms with E-state index in [0.717, 1.165) is 22.4 Å². The van der Waals surface area contributed by atoms with E-state index in [9.17, 15) is 9.59 Å². The Balaban J connectivity index is 1.57. The molecule has 1 N–H and O–H groups in total. The third kappa shape index (κ3) is 5.05. The van der Waals surface area contributed by atoms with Crippen molar-refractivity contribution in [3.8, 4) is 11.3 Å². The van der Waals surface area contributed by atoms with Gasteiger partial charge >= 0.3 is 0 Å². The Labute approximate surface area is 201 Å². The number of hydrogen-bond donors (Lipinski definition) is 1. The standard InChI is InChI=1S/C23H25ClN6O2S/c1-13-9-14(2)20(26-11-13)15-10-18(25-12-16(15)24)30-8-5-17-21(22(30)32)33-23(27-17)28-19(31)6-7-29(3)4/h9-12H,5-8H2,1-4H3,(H,27,28,31). The van der Waals surface area contributed by atoms with Crippen LogP contribution in [0.1, 0.15) is 32.9 Å². The summed E-state index contributed by atoms with van der Waals surface area (Å²) < 4.78 is 0. The number of pyridine rings is 2. The number of carbonyl (C=O) groups is 2. The summed E-state index contributed by atoms with van der Waals surface area (Å²) in [6.07, 6.45) is 4.29. The van der Waals surface area contributed by atoms with Gasteiger partial charge in [-0.2, -0.15) is 0 Å². The summed E-state index contributed by atoms with van der Waals surface area (Å²) in [5.74, 6) is 0.206. The molecule has 2 amide bonds. The molecule has 10 heteroatoms. The monoisotopic (exact) mass is 484 g/mol. The van der Waals surface area contributed by atoms with Crippen LogP contribution in [-0.2, 0) is 11.2 Å². The van der Waals surface area contributed by atoms with E-state index in [1.807, 2.05) is 38.9 Å². The summed E-state index contributed by atoms with van der Waals surface area (Å²) in [5, 5.41) is 3.73. The Morgan fingerprint density at radius 1 is 1.24 bits per heavy atom. The molecule has 0 aliphatic carbocycles. The number of anilines is 2. The third-order valence-corrected chi connectivity index (χ3v) is 6.63. The molecular formula is C23H25ClN6O2S. The Bertz CT molecular complexity index is 1230. The summed E-state index contributed by atoms with van der Waals surface area (Å²) >= 11 is 7.64. The van der Waals surface area contributed by atoms with Gasteiger partial charge in [0.05, 0.1) is 16.4 Å². The highest BCUT2D eigenvalue weighted by Gasteiger charge is 2.31. The molecule has 0 atom stereocenters. The lowest BCUT2D eigenvalue weighted by Gasteiger charge is -2.25. The third-order valence-electron chi connectivity index (χ3n) is 5.33. The number of fused-ring (bicyclic) bond motifs is 1. The number of hydrogen-bond acceptors (Lipinski definition) is 7. The van der Waals surface area contributed by atoms with Crippen molar-refractivity contribution >= 4 is 45.7 Å². The lowest BCUT2D eigenvalue weighted by Crippen LogP contribution is -2.37. The van der Waals surface area contributed by atoms with Crippen molar-refractivity contribution in [2.45, 2.75) is 26.7 Å². The molecule has 4 rings (SSSR count). The highest BCUT2D eigenvalue weighted by molar-refractivity contribution is 7.18. The van der Waals surface area contributed by atoms with Crippen molar-refractivity contribution in [3.05, 3.63) is 51.2 Å². The molecule has 33 heavy (non-hydrogen) atoms. The fourth-order valence-electron chi connectivity index (χ4n) is 3.66. The largest absolute Gasteiger partial charge is 0.309 e. The number of nitrogens with one attached hydrogen (secondary N) is 1. The van der Waals surface area contributed by atoms with Gasteiger partial charge in [-0.05, 0) is 45.1 Å². The van der Waals surface area contributed by atoms with Gasteiger partial charge < -0.3 is 10.2 Å². The number of rotatable bonds is 6.